The molecule has 1 saturated carbocycles. The maximum atomic E-state index is 5.44. The van der Waals surface area contributed by atoms with Gasteiger partial charge in [-0.3, -0.25) is 0 Å². The van der Waals surface area contributed by atoms with Gasteiger partial charge in [0, 0.05) is 0 Å². The number of anilines is 1. The van der Waals surface area contributed by atoms with E-state index < -0.39 is 0 Å². The van der Waals surface area contributed by atoms with Gasteiger partial charge in [0.05, 0.1) is 19.3 Å². The third-order valence-electron chi connectivity index (χ3n) is 1.75. The van der Waals surface area contributed by atoms with Gasteiger partial charge in [-0.1, -0.05) is 0 Å². The lowest BCUT2D eigenvalue weighted by Crippen LogP contribution is -2.07. The Kier molecular flexibility index (Phi) is 1.95. The molecule has 0 amide bonds. The van der Waals surface area contributed by atoms with E-state index in [1.165, 1.54) is 12.8 Å². The van der Waals surface area contributed by atoms with Crippen LogP contribution in [0.3, 0.4) is 0 Å². The molecule has 2 rings (SSSR count). The number of aromatic nitrogens is 3. The maximum absolute atomic E-state index is 5.44. The summed E-state index contributed by atoms with van der Waals surface area (Å²) in [5.41, 5.74) is 5.34. The Morgan fingerprint density at radius 3 is 3.08 bits per heavy atom. The zero-order valence-electron chi connectivity index (χ0n) is 6.81. The van der Waals surface area contributed by atoms with Crippen LogP contribution in [0.5, 0.6) is 0 Å². The molecule has 2 N–H and O–H groups in total. The monoisotopic (exact) mass is 168 g/mol. The number of nitrogens with zero attached hydrogens (tertiary/aromatic N) is 3. The molecule has 0 saturated heterocycles. The van der Waals surface area contributed by atoms with Crippen LogP contribution in [-0.2, 0) is 11.3 Å². The summed E-state index contributed by atoms with van der Waals surface area (Å²) < 4.78 is 7.13. The summed E-state index contributed by atoms with van der Waals surface area (Å²) in [6.07, 6.45) is 4.54. The standard InChI is InChI=1S/C7H12N4O/c8-7-9-5-11(10-7)3-4-12-6-1-2-6/h5-6H,1-4H2,(H2,8,10). The molecular formula is C7H12N4O. The Bertz CT molecular complexity index is 256. The zero-order chi connectivity index (χ0) is 8.39. The van der Waals surface area contributed by atoms with E-state index in [1.807, 2.05) is 0 Å². The predicted octanol–water partition coefficient (Wildman–Crippen LogP) is 0.0393. The Morgan fingerprint density at radius 2 is 2.50 bits per heavy atom. The van der Waals surface area contributed by atoms with Gasteiger partial charge in [-0.15, -0.1) is 5.10 Å². The SMILES string of the molecule is Nc1ncn(CCOC2CC2)n1. The van der Waals surface area contributed by atoms with Crippen molar-refractivity contribution in [2.24, 2.45) is 0 Å². The lowest BCUT2D eigenvalue weighted by Gasteiger charge is -2.00. The Hall–Kier alpha value is -1.10. The molecule has 1 fully saturated rings. The molecule has 0 spiro atoms. The molecule has 0 aromatic carbocycles. The molecule has 0 unspecified atom stereocenters. The van der Waals surface area contributed by atoms with Crippen LogP contribution in [0.4, 0.5) is 5.95 Å². The molecule has 0 atom stereocenters. The molecule has 0 aliphatic heterocycles. The average molecular weight is 168 g/mol. The Labute approximate surface area is 70.5 Å². The fourth-order valence-corrected chi connectivity index (χ4v) is 0.964. The van der Waals surface area contributed by atoms with Crippen molar-refractivity contribution in [1.29, 1.82) is 0 Å². The van der Waals surface area contributed by atoms with Crippen LogP contribution in [0.1, 0.15) is 12.8 Å². The van der Waals surface area contributed by atoms with Crippen molar-refractivity contribution in [3.05, 3.63) is 6.33 Å². The fraction of sp³-hybridized carbons (Fsp3) is 0.714. The smallest absolute Gasteiger partial charge is 0.239 e. The normalized spacial score (nSPS) is 16.7. The third kappa shape index (κ3) is 1.94. The van der Waals surface area contributed by atoms with Gasteiger partial charge in [0.1, 0.15) is 6.33 Å². The van der Waals surface area contributed by atoms with Gasteiger partial charge >= 0.3 is 0 Å². The number of ether oxygens (including phenoxy) is 1. The highest BCUT2D eigenvalue weighted by Gasteiger charge is 2.21. The number of nitrogens with two attached hydrogens (primary N) is 1. The van der Waals surface area contributed by atoms with E-state index in [-0.39, 0.29) is 0 Å². The Morgan fingerprint density at radius 1 is 1.67 bits per heavy atom. The minimum atomic E-state index is 0.321. The van der Waals surface area contributed by atoms with Crippen molar-refractivity contribution >= 4 is 5.95 Å². The van der Waals surface area contributed by atoms with Crippen molar-refractivity contribution in [2.45, 2.75) is 25.5 Å². The highest BCUT2D eigenvalue weighted by atomic mass is 16.5. The number of hydrogen-bond donors (Lipinski definition) is 1. The van der Waals surface area contributed by atoms with Gasteiger partial charge in [-0.2, -0.15) is 0 Å². The summed E-state index contributed by atoms with van der Waals surface area (Å²) in [5.74, 6) is 0.321. The highest BCUT2D eigenvalue weighted by Crippen LogP contribution is 2.22. The quantitative estimate of drug-likeness (QED) is 0.689. The van der Waals surface area contributed by atoms with E-state index in [4.69, 9.17) is 10.5 Å². The summed E-state index contributed by atoms with van der Waals surface area (Å²) in [5, 5.41) is 3.93. The van der Waals surface area contributed by atoms with E-state index in [0.717, 1.165) is 6.54 Å². The first-order valence-corrected chi connectivity index (χ1v) is 4.11. The van der Waals surface area contributed by atoms with Crippen molar-refractivity contribution in [1.82, 2.24) is 14.8 Å². The lowest BCUT2D eigenvalue weighted by atomic mass is 10.7. The molecule has 1 aliphatic rings. The van der Waals surface area contributed by atoms with Crippen molar-refractivity contribution < 1.29 is 4.74 Å². The fourth-order valence-electron chi connectivity index (χ4n) is 0.964. The van der Waals surface area contributed by atoms with Crippen LogP contribution >= 0.6 is 0 Å². The van der Waals surface area contributed by atoms with E-state index >= 15 is 0 Å². The van der Waals surface area contributed by atoms with E-state index in [2.05, 4.69) is 10.1 Å². The van der Waals surface area contributed by atoms with Crippen molar-refractivity contribution in [3.8, 4) is 0 Å². The van der Waals surface area contributed by atoms with E-state index in [9.17, 15) is 0 Å². The van der Waals surface area contributed by atoms with Crippen molar-refractivity contribution in [3.63, 3.8) is 0 Å². The molecule has 12 heavy (non-hydrogen) atoms. The Balaban J connectivity index is 1.71. The molecule has 0 bridgehead atoms. The molecule has 0 radical (unpaired) electrons. The minimum Gasteiger partial charge on any atom is -0.376 e. The van der Waals surface area contributed by atoms with Crippen LogP contribution in [-0.4, -0.2) is 27.5 Å². The largest absolute Gasteiger partial charge is 0.376 e. The summed E-state index contributed by atoms with van der Waals surface area (Å²) in [7, 11) is 0. The van der Waals surface area contributed by atoms with E-state index in [1.54, 1.807) is 11.0 Å². The molecule has 66 valence electrons. The van der Waals surface area contributed by atoms with Crippen LogP contribution in [0, 0.1) is 0 Å². The van der Waals surface area contributed by atoms with Crippen LogP contribution in [0.15, 0.2) is 6.33 Å². The number of rotatable bonds is 4. The number of hydrogen-bond acceptors (Lipinski definition) is 4. The molecule has 1 aliphatic carbocycles. The van der Waals surface area contributed by atoms with Gasteiger partial charge in [-0.25, -0.2) is 9.67 Å². The summed E-state index contributed by atoms with van der Waals surface area (Å²) in [4.78, 5) is 3.80. The summed E-state index contributed by atoms with van der Waals surface area (Å²) >= 11 is 0. The van der Waals surface area contributed by atoms with Crippen LogP contribution < -0.4 is 5.73 Å². The van der Waals surface area contributed by atoms with Gasteiger partial charge in [0.25, 0.3) is 0 Å². The molecule has 1 heterocycles. The number of nitrogen functional groups attached to an aromatic ring is 1. The molecule has 5 heteroatoms. The minimum absolute atomic E-state index is 0.321. The summed E-state index contributed by atoms with van der Waals surface area (Å²) in [6.45, 7) is 1.44. The second-order valence-electron chi connectivity index (χ2n) is 2.94. The van der Waals surface area contributed by atoms with Crippen LogP contribution in [0.25, 0.3) is 0 Å². The van der Waals surface area contributed by atoms with Gasteiger partial charge in [0.15, 0.2) is 0 Å². The topological polar surface area (TPSA) is 66.0 Å². The highest BCUT2D eigenvalue weighted by molar-refractivity contribution is 5.09. The van der Waals surface area contributed by atoms with E-state index in [0.29, 0.717) is 18.7 Å². The van der Waals surface area contributed by atoms with Crippen molar-refractivity contribution in [2.75, 3.05) is 12.3 Å². The molecule has 1 aromatic rings. The van der Waals surface area contributed by atoms with Gasteiger partial charge in [-0.05, 0) is 12.8 Å². The molecule has 1 aromatic heterocycles. The lowest BCUT2D eigenvalue weighted by molar-refractivity contribution is 0.110. The third-order valence-corrected chi connectivity index (χ3v) is 1.75. The summed E-state index contributed by atoms with van der Waals surface area (Å²) in [6, 6.07) is 0. The molecule has 5 nitrogen and oxygen atoms in total. The van der Waals surface area contributed by atoms with Crippen LogP contribution in [0.2, 0.25) is 0 Å². The maximum Gasteiger partial charge on any atom is 0.239 e. The van der Waals surface area contributed by atoms with Gasteiger partial charge in [0.2, 0.25) is 5.95 Å². The first kappa shape index (κ1) is 7.54. The molecular weight excluding hydrogens is 156 g/mol. The second-order valence-corrected chi connectivity index (χ2v) is 2.94. The van der Waals surface area contributed by atoms with Gasteiger partial charge < -0.3 is 10.5 Å². The average Bonchev–Trinajstić information content (AvgIpc) is 2.76. The second kappa shape index (κ2) is 3.10. The first-order chi connectivity index (χ1) is 5.84. The first-order valence-electron chi connectivity index (χ1n) is 4.11. The zero-order valence-corrected chi connectivity index (χ0v) is 6.81. The predicted molar refractivity (Wildman–Crippen MR) is 43.4 cm³/mol.